The molecule has 8 heteroatoms. The van der Waals surface area contributed by atoms with Crippen LogP contribution >= 0.6 is 0 Å². The number of carbonyl (C=O) groups is 2. The lowest BCUT2D eigenvalue weighted by Gasteiger charge is -2.12. The van der Waals surface area contributed by atoms with Crippen molar-refractivity contribution in [1.29, 1.82) is 0 Å². The van der Waals surface area contributed by atoms with Crippen LogP contribution in [0.2, 0.25) is 0 Å². The van der Waals surface area contributed by atoms with Gasteiger partial charge < -0.3 is 14.2 Å². The van der Waals surface area contributed by atoms with Gasteiger partial charge in [-0.25, -0.2) is 4.79 Å². The van der Waals surface area contributed by atoms with Crippen LogP contribution in [-0.4, -0.2) is 37.0 Å². The Bertz CT molecular complexity index is 921. The minimum absolute atomic E-state index is 0.122. The maximum atomic E-state index is 12.4. The molecule has 0 aliphatic carbocycles. The number of esters is 1. The van der Waals surface area contributed by atoms with Crippen molar-refractivity contribution in [2.75, 3.05) is 20.3 Å². The number of nitro benzene ring substituents is 1. The first-order valence-corrected chi connectivity index (χ1v) is 8.55. The first-order chi connectivity index (χ1) is 13.3. The molecule has 2 rings (SSSR count). The van der Waals surface area contributed by atoms with Crippen molar-refractivity contribution in [1.82, 2.24) is 0 Å². The molecular formula is C20H21NO7. The average Bonchev–Trinajstić information content (AvgIpc) is 2.67. The molecule has 0 unspecified atom stereocenters. The number of nitrogens with zero attached hydrogens (tertiary/aromatic N) is 1. The molecule has 0 N–H and O–H groups in total. The molecule has 0 amide bonds. The summed E-state index contributed by atoms with van der Waals surface area (Å²) in [7, 11) is 1.34. The maximum absolute atomic E-state index is 12.4. The summed E-state index contributed by atoms with van der Waals surface area (Å²) >= 11 is 0. The number of hydrogen-bond acceptors (Lipinski definition) is 7. The van der Waals surface area contributed by atoms with E-state index in [1.54, 1.807) is 26.0 Å². The molecule has 0 radical (unpaired) electrons. The fourth-order valence-corrected chi connectivity index (χ4v) is 2.61. The van der Waals surface area contributed by atoms with Crippen LogP contribution in [0.4, 0.5) is 5.69 Å². The van der Waals surface area contributed by atoms with E-state index in [4.69, 9.17) is 14.2 Å². The first-order valence-electron chi connectivity index (χ1n) is 8.55. The second-order valence-corrected chi connectivity index (χ2v) is 6.03. The third kappa shape index (κ3) is 4.64. The number of methoxy groups -OCH3 is 1. The number of aryl methyl sites for hydroxylation is 2. The Hall–Kier alpha value is -3.42. The van der Waals surface area contributed by atoms with E-state index in [0.717, 1.165) is 17.2 Å². The molecule has 0 aliphatic rings. The molecular weight excluding hydrogens is 366 g/mol. The summed E-state index contributed by atoms with van der Waals surface area (Å²) in [4.78, 5) is 35.4. The van der Waals surface area contributed by atoms with Crippen molar-refractivity contribution < 1.29 is 28.7 Å². The van der Waals surface area contributed by atoms with Crippen LogP contribution in [0, 0.1) is 24.0 Å². The third-order valence-corrected chi connectivity index (χ3v) is 4.03. The normalized spacial score (nSPS) is 10.3. The number of hydrogen-bond donors (Lipinski definition) is 0. The highest BCUT2D eigenvalue weighted by Crippen LogP contribution is 2.35. The van der Waals surface area contributed by atoms with Crippen LogP contribution in [-0.2, 0) is 4.74 Å². The molecule has 0 fully saturated rings. The summed E-state index contributed by atoms with van der Waals surface area (Å²) in [5.74, 6) is -1.09. The minimum atomic E-state index is -0.992. The summed E-state index contributed by atoms with van der Waals surface area (Å²) in [6.07, 6.45) is 0. The zero-order valence-corrected chi connectivity index (χ0v) is 16.1. The lowest BCUT2D eigenvalue weighted by atomic mass is 10.0. The fraction of sp³-hybridized carbons (Fsp3) is 0.300. The number of ether oxygens (including phenoxy) is 3. The molecule has 0 saturated carbocycles. The topological polar surface area (TPSA) is 105 Å². The molecule has 0 bridgehead atoms. The number of benzene rings is 2. The molecule has 0 spiro atoms. The largest absolute Gasteiger partial charge is 0.493 e. The van der Waals surface area contributed by atoms with Gasteiger partial charge in [-0.2, -0.15) is 0 Å². The molecule has 2 aromatic rings. The lowest BCUT2D eigenvalue weighted by Crippen LogP contribution is -2.16. The van der Waals surface area contributed by atoms with Crippen LogP contribution < -0.4 is 9.47 Å². The van der Waals surface area contributed by atoms with Gasteiger partial charge >= 0.3 is 5.97 Å². The van der Waals surface area contributed by atoms with Gasteiger partial charge in [-0.3, -0.25) is 14.9 Å². The van der Waals surface area contributed by atoms with Gasteiger partial charge in [0.2, 0.25) is 5.78 Å². The van der Waals surface area contributed by atoms with Crippen molar-refractivity contribution >= 4 is 17.4 Å². The minimum Gasteiger partial charge on any atom is -0.493 e. The second kappa shape index (κ2) is 8.98. The van der Waals surface area contributed by atoms with E-state index < -0.39 is 29.0 Å². The molecule has 148 valence electrons. The quantitative estimate of drug-likeness (QED) is 0.294. The van der Waals surface area contributed by atoms with Gasteiger partial charge in [0.1, 0.15) is 5.56 Å². The van der Waals surface area contributed by atoms with Crippen molar-refractivity contribution in [3.8, 4) is 11.5 Å². The van der Waals surface area contributed by atoms with E-state index in [1.165, 1.54) is 13.2 Å². The molecule has 2 aromatic carbocycles. The van der Waals surface area contributed by atoms with Gasteiger partial charge in [0, 0.05) is 11.6 Å². The lowest BCUT2D eigenvalue weighted by molar-refractivity contribution is -0.385. The van der Waals surface area contributed by atoms with Gasteiger partial charge in [-0.1, -0.05) is 17.7 Å². The van der Waals surface area contributed by atoms with Crippen LogP contribution in [0.15, 0.2) is 30.3 Å². The van der Waals surface area contributed by atoms with E-state index in [1.807, 2.05) is 13.0 Å². The molecule has 0 saturated heterocycles. The number of ketones is 1. The van der Waals surface area contributed by atoms with Crippen LogP contribution in [0.1, 0.15) is 38.8 Å². The highest BCUT2D eigenvalue weighted by atomic mass is 16.6. The molecule has 0 heterocycles. The monoisotopic (exact) mass is 387 g/mol. The van der Waals surface area contributed by atoms with E-state index in [2.05, 4.69) is 0 Å². The summed E-state index contributed by atoms with van der Waals surface area (Å²) < 4.78 is 15.5. The van der Waals surface area contributed by atoms with Crippen molar-refractivity contribution in [3.63, 3.8) is 0 Å². The van der Waals surface area contributed by atoms with Crippen LogP contribution in [0.5, 0.6) is 11.5 Å². The molecule has 8 nitrogen and oxygen atoms in total. The van der Waals surface area contributed by atoms with Gasteiger partial charge in [-0.05, 0) is 32.4 Å². The SMILES string of the molecule is CCOc1cc(C(=O)OCC(=O)c2cc(C)ccc2C)c([N+](=O)[O-])cc1OC. The first kappa shape index (κ1) is 20.9. The Morgan fingerprint density at radius 1 is 1.07 bits per heavy atom. The highest BCUT2D eigenvalue weighted by Gasteiger charge is 2.26. The Labute approximate surface area is 162 Å². The smallest absolute Gasteiger partial charge is 0.345 e. The van der Waals surface area contributed by atoms with E-state index in [9.17, 15) is 19.7 Å². The summed E-state index contributed by atoms with van der Waals surface area (Å²) in [5, 5.41) is 11.3. The van der Waals surface area contributed by atoms with Gasteiger partial charge in [-0.15, -0.1) is 0 Å². The van der Waals surface area contributed by atoms with E-state index in [-0.39, 0.29) is 23.7 Å². The molecule has 0 aromatic heterocycles. The van der Waals surface area contributed by atoms with Gasteiger partial charge in [0.05, 0.1) is 24.7 Å². The highest BCUT2D eigenvalue weighted by molar-refractivity contribution is 6.01. The van der Waals surface area contributed by atoms with Crippen molar-refractivity contribution in [2.45, 2.75) is 20.8 Å². The van der Waals surface area contributed by atoms with Crippen LogP contribution in [0.3, 0.4) is 0 Å². The summed E-state index contributed by atoms with van der Waals surface area (Å²) in [6.45, 7) is 5.08. The summed E-state index contributed by atoms with van der Waals surface area (Å²) in [5.41, 5.74) is 1.27. The predicted molar refractivity (Wildman–Crippen MR) is 101 cm³/mol. The van der Waals surface area contributed by atoms with Crippen molar-refractivity contribution in [2.24, 2.45) is 0 Å². The number of nitro groups is 1. The summed E-state index contributed by atoms with van der Waals surface area (Å²) in [6, 6.07) is 7.65. The van der Waals surface area contributed by atoms with Crippen LogP contribution in [0.25, 0.3) is 0 Å². The fourth-order valence-electron chi connectivity index (χ4n) is 2.61. The molecule has 28 heavy (non-hydrogen) atoms. The Morgan fingerprint density at radius 3 is 2.39 bits per heavy atom. The maximum Gasteiger partial charge on any atom is 0.345 e. The zero-order chi connectivity index (χ0) is 20.8. The molecule has 0 aliphatic heterocycles. The average molecular weight is 387 g/mol. The van der Waals surface area contributed by atoms with Gasteiger partial charge in [0.15, 0.2) is 18.1 Å². The Morgan fingerprint density at radius 2 is 1.79 bits per heavy atom. The Kier molecular flexibility index (Phi) is 6.70. The second-order valence-electron chi connectivity index (χ2n) is 6.03. The standard InChI is InChI=1S/C20H21NO7/c1-5-27-19-9-15(16(21(24)25)10-18(19)26-4)20(23)28-11-17(22)14-8-12(2)6-7-13(14)3/h6-10H,5,11H2,1-4H3. The van der Waals surface area contributed by atoms with Gasteiger partial charge in [0.25, 0.3) is 5.69 Å². The zero-order valence-electron chi connectivity index (χ0n) is 16.1. The van der Waals surface area contributed by atoms with Crippen molar-refractivity contribution in [3.05, 3.63) is 62.7 Å². The number of Topliss-reactive ketones (excluding diaryl/α,β-unsaturated/α-hetero) is 1. The Balaban J connectivity index is 2.27. The number of rotatable bonds is 8. The molecule has 0 atom stereocenters. The van der Waals surface area contributed by atoms with E-state index >= 15 is 0 Å². The third-order valence-electron chi connectivity index (χ3n) is 4.03. The number of carbonyl (C=O) groups excluding carboxylic acids is 2. The van der Waals surface area contributed by atoms with E-state index in [0.29, 0.717) is 5.56 Å². The predicted octanol–water partition coefficient (Wildman–Crippen LogP) is 3.66.